The van der Waals surface area contributed by atoms with Crippen molar-refractivity contribution in [3.63, 3.8) is 0 Å². The van der Waals surface area contributed by atoms with Gasteiger partial charge in [-0.05, 0) is 24.6 Å². The molecular formula is C11H9ClFN3O2S. The van der Waals surface area contributed by atoms with Crippen LogP contribution in [0.2, 0.25) is 5.15 Å². The van der Waals surface area contributed by atoms with Gasteiger partial charge >= 0.3 is 0 Å². The standard InChI is InChI=1S/C11H9ClFN3O2S/c1-7-2-3-8(6-9(7)13)19(17,18)16-11-10(12)14-4-5-15-11/h2-6H,1H3,(H,15,16). The number of nitrogens with zero attached hydrogens (tertiary/aromatic N) is 2. The Balaban J connectivity index is 2.38. The van der Waals surface area contributed by atoms with Gasteiger partial charge in [0.1, 0.15) is 5.82 Å². The summed E-state index contributed by atoms with van der Waals surface area (Å²) in [6.45, 7) is 1.54. The van der Waals surface area contributed by atoms with Crippen LogP contribution in [0.5, 0.6) is 0 Å². The van der Waals surface area contributed by atoms with Gasteiger partial charge in [-0.15, -0.1) is 0 Å². The number of sulfonamides is 1. The minimum atomic E-state index is -3.95. The number of nitrogens with one attached hydrogen (secondary N) is 1. The van der Waals surface area contributed by atoms with Gasteiger partial charge in [0.2, 0.25) is 0 Å². The molecule has 0 aliphatic rings. The number of hydrogen-bond donors (Lipinski definition) is 1. The molecule has 0 amide bonds. The summed E-state index contributed by atoms with van der Waals surface area (Å²) in [5.41, 5.74) is 0.358. The zero-order valence-electron chi connectivity index (χ0n) is 9.76. The van der Waals surface area contributed by atoms with Crippen LogP contribution in [0.4, 0.5) is 10.2 Å². The van der Waals surface area contributed by atoms with Crippen molar-refractivity contribution in [2.75, 3.05) is 4.72 Å². The van der Waals surface area contributed by atoms with E-state index in [2.05, 4.69) is 14.7 Å². The summed E-state index contributed by atoms with van der Waals surface area (Å²) in [5, 5.41) is -0.0846. The molecule has 100 valence electrons. The SMILES string of the molecule is Cc1ccc(S(=O)(=O)Nc2nccnc2Cl)cc1F. The van der Waals surface area contributed by atoms with E-state index in [4.69, 9.17) is 11.6 Å². The van der Waals surface area contributed by atoms with Gasteiger partial charge in [0.15, 0.2) is 11.0 Å². The molecule has 0 radical (unpaired) electrons. The second kappa shape index (κ2) is 5.10. The van der Waals surface area contributed by atoms with Crippen LogP contribution in [-0.4, -0.2) is 18.4 Å². The Labute approximate surface area is 114 Å². The lowest BCUT2D eigenvalue weighted by molar-refractivity contribution is 0.593. The molecule has 0 fully saturated rings. The van der Waals surface area contributed by atoms with Crippen molar-refractivity contribution in [2.45, 2.75) is 11.8 Å². The average molecular weight is 302 g/mol. The van der Waals surface area contributed by atoms with Crippen molar-refractivity contribution < 1.29 is 12.8 Å². The number of benzene rings is 1. The van der Waals surface area contributed by atoms with Gasteiger partial charge in [0.05, 0.1) is 4.90 Å². The maximum atomic E-state index is 13.4. The normalized spacial score (nSPS) is 11.3. The molecule has 8 heteroatoms. The summed E-state index contributed by atoms with van der Waals surface area (Å²) in [7, 11) is -3.95. The minimum Gasteiger partial charge on any atom is -0.261 e. The van der Waals surface area contributed by atoms with E-state index in [-0.39, 0.29) is 15.9 Å². The first kappa shape index (κ1) is 13.7. The lowest BCUT2D eigenvalue weighted by Gasteiger charge is -2.08. The van der Waals surface area contributed by atoms with E-state index in [1.54, 1.807) is 6.92 Å². The molecule has 0 saturated heterocycles. The molecule has 2 aromatic rings. The van der Waals surface area contributed by atoms with Crippen LogP contribution < -0.4 is 4.72 Å². The van der Waals surface area contributed by atoms with Crippen molar-refractivity contribution >= 4 is 27.4 Å². The van der Waals surface area contributed by atoms with E-state index in [0.717, 1.165) is 6.07 Å². The Hall–Kier alpha value is -1.73. The largest absolute Gasteiger partial charge is 0.263 e. The van der Waals surface area contributed by atoms with Crippen molar-refractivity contribution in [3.05, 3.63) is 47.1 Å². The highest BCUT2D eigenvalue weighted by atomic mass is 35.5. The van der Waals surface area contributed by atoms with Gasteiger partial charge in [0, 0.05) is 12.4 Å². The van der Waals surface area contributed by atoms with Gasteiger partial charge in [-0.1, -0.05) is 17.7 Å². The minimum absolute atomic E-state index is 0.0846. The Bertz CT molecular complexity index is 722. The van der Waals surface area contributed by atoms with Crippen molar-refractivity contribution in [1.82, 2.24) is 9.97 Å². The molecule has 19 heavy (non-hydrogen) atoms. The molecular weight excluding hydrogens is 293 g/mol. The molecule has 0 aliphatic heterocycles. The lowest BCUT2D eigenvalue weighted by Crippen LogP contribution is -2.15. The Kier molecular flexibility index (Phi) is 3.68. The van der Waals surface area contributed by atoms with E-state index < -0.39 is 15.8 Å². The number of hydrogen-bond acceptors (Lipinski definition) is 4. The number of rotatable bonds is 3. The summed E-state index contributed by atoms with van der Waals surface area (Å²) in [6.07, 6.45) is 2.62. The molecule has 0 saturated carbocycles. The Morgan fingerprint density at radius 2 is 1.95 bits per heavy atom. The van der Waals surface area contributed by atoms with Crippen LogP contribution in [0.25, 0.3) is 0 Å². The van der Waals surface area contributed by atoms with E-state index in [9.17, 15) is 12.8 Å². The van der Waals surface area contributed by atoms with Gasteiger partial charge in [-0.25, -0.2) is 22.8 Å². The zero-order chi connectivity index (χ0) is 14.0. The van der Waals surface area contributed by atoms with E-state index in [0.29, 0.717) is 5.56 Å². The molecule has 1 N–H and O–H groups in total. The molecule has 1 aromatic heterocycles. The Morgan fingerprint density at radius 1 is 1.26 bits per heavy atom. The molecule has 0 unspecified atom stereocenters. The molecule has 0 spiro atoms. The molecule has 0 bridgehead atoms. The fourth-order valence-corrected chi connectivity index (χ4v) is 2.55. The topological polar surface area (TPSA) is 72.0 Å². The monoisotopic (exact) mass is 301 g/mol. The second-order valence-corrected chi connectivity index (χ2v) is 5.75. The maximum Gasteiger partial charge on any atom is 0.263 e. The number of aromatic nitrogens is 2. The van der Waals surface area contributed by atoms with Crippen molar-refractivity contribution in [3.8, 4) is 0 Å². The quantitative estimate of drug-likeness (QED) is 0.945. The molecule has 1 heterocycles. The van der Waals surface area contributed by atoms with Gasteiger partial charge < -0.3 is 0 Å². The van der Waals surface area contributed by atoms with Crippen LogP contribution in [0.15, 0.2) is 35.5 Å². The third-order valence-corrected chi connectivity index (χ3v) is 3.95. The lowest BCUT2D eigenvalue weighted by atomic mass is 10.2. The van der Waals surface area contributed by atoms with Gasteiger partial charge in [0.25, 0.3) is 10.0 Å². The summed E-state index contributed by atoms with van der Waals surface area (Å²) in [4.78, 5) is 7.23. The molecule has 2 rings (SSSR count). The molecule has 5 nitrogen and oxygen atoms in total. The van der Waals surface area contributed by atoms with E-state index in [1.807, 2.05) is 0 Å². The van der Waals surface area contributed by atoms with Crippen LogP contribution in [-0.2, 0) is 10.0 Å². The van der Waals surface area contributed by atoms with Crippen LogP contribution in [0, 0.1) is 12.7 Å². The summed E-state index contributed by atoms with van der Waals surface area (Å²) >= 11 is 5.70. The van der Waals surface area contributed by atoms with Gasteiger partial charge in [-0.2, -0.15) is 0 Å². The molecule has 0 aliphatic carbocycles. The highest BCUT2D eigenvalue weighted by Gasteiger charge is 2.18. The van der Waals surface area contributed by atoms with E-state index in [1.165, 1.54) is 24.5 Å². The predicted octanol–water partition coefficient (Wildman–Crippen LogP) is 2.38. The number of anilines is 1. The number of aryl methyl sites for hydroxylation is 1. The average Bonchev–Trinajstić information content (AvgIpc) is 2.35. The van der Waals surface area contributed by atoms with Crippen molar-refractivity contribution in [2.24, 2.45) is 0 Å². The first-order valence-corrected chi connectivity index (χ1v) is 7.02. The highest BCUT2D eigenvalue weighted by molar-refractivity contribution is 7.92. The van der Waals surface area contributed by atoms with Crippen LogP contribution in [0.3, 0.4) is 0 Å². The van der Waals surface area contributed by atoms with Gasteiger partial charge in [-0.3, -0.25) is 4.72 Å². The highest BCUT2D eigenvalue weighted by Crippen LogP contribution is 2.20. The number of halogens is 2. The first-order chi connectivity index (χ1) is 8.90. The molecule has 0 atom stereocenters. The Morgan fingerprint density at radius 3 is 2.58 bits per heavy atom. The predicted molar refractivity (Wildman–Crippen MR) is 69.0 cm³/mol. The fraction of sp³-hybridized carbons (Fsp3) is 0.0909. The second-order valence-electron chi connectivity index (χ2n) is 3.71. The fourth-order valence-electron chi connectivity index (χ4n) is 1.32. The van der Waals surface area contributed by atoms with Crippen LogP contribution in [0.1, 0.15) is 5.56 Å². The van der Waals surface area contributed by atoms with E-state index >= 15 is 0 Å². The smallest absolute Gasteiger partial charge is 0.261 e. The zero-order valence-corrected chi connectivity index (χ0v) is 11.3. The van der Waals surface area contributed by atoms with Crippen LogP contribution >= 0.6 is 11.6 Å². The molecule has 1 aromatic carbocycles. The maximum absolute atomic E-state index is 13.4. The summed E-state index contributed by atoms with van der Waals surface area (Å²) < 4.78 is 39.6. The summed E-state index contributed by atoms with van der Waals surface area (Å²) in [6, 6.07) is 3.61. The van der Waals surface area contributed by atoms with Crippen molar-refractivity contribution in [1.29, 1.82) is 0 Å². The third-order valence-electron chi connectivity index (χ3n) is 2.34. The third kappa shape index (κ3) is 2.99. The first-order valence-electron chi connectivity index (χ1n) is 5.15. The summed E-state index contributed by atoms with van der Waals surface area (Å²) in [5.74, 6) is -0.710.